The Balaban J connectivity index is 1.81. The Kier molecular flexibility index (Phi) is 9.77. The van der Waals surface area contributed by atoms with Gasteiger partial charge >= 0.3 is 5.97 Å². The van der Waals surface area contributed by atoms with E-state index in [0.29, 0.717) is 32.8 Å². The summed E-state index contributed by atoms with van der Waals surface area (Å²) in [5, 5.41) is 11.1. The molecule has 1 fully saturated rings. The predicted molar refractivity (Wildman–Crippen MR) is 74.9 cm³/mol. The zero-order valence-electron chi connectivity index (χ0n) is 12.3. The van der Waals surface area contributed by atoms with Crippen LogP contribution in [-0.4, -0.2) is 56.2 Å². The van der Waals surface area contributed by atoms with E-state index in [0.717, 1.165) is 25.9 Å². The Hall–Kier alpha value is -1.18. The standard InChI is InChI=1S/C14H25NO6/c16-12(5-6-13(17)18)15-7-3-8-19-10-11-21-14-4-1-2-9-20-14/h14H,1-11H2,(H,15,16)(H,17,18). The summed E-state index contributed by atoms with van der Waals surface area (Å²) < 4.78 is 16.3. The van der Waals surface area contributed by atoms with E-state index >= 15 is 0 Å². The van der Waals surface area contributed by atoms with Gasteiger partial charge in [-0.1, -0.05) is 0 Å². The lowest BCUT2D eigenvalue weighted by Gasteiger charge is -2.22. The molecule has 1 atom stereocenters. The molecule has 1 aliphatic heterocycles. The zero-order valence-corrected chi connectivity index (χ0v) is 12.3. The van der Waals surface area contributed by atoms with E-state index in [9.17, 15) is 9.59 Å². The molecule has 0 aliphatic carbocycles. The quantitative estimate of drug-likeness (QED) is 0.551. The lowest BCUT2D eigenvalue weighted by molar-refractivity contribution is -0.169. The Bertz CT molecular complexity index is 304. The third kappa shape index (κ3) is 10.2. The fourth-order valence-electron chi connectivity index (χ4n) is 1.89. The van der Waals surface area contributed by atoms with Crippen LogP contribution in [0.3, 0.4) is 0 Å². The van der Waals surface area contributed by atoms with E-state index < -0.39 is 5.97 Å². The van der Waals surface area contributed by atoms with Crippen LogP contribution in [-0.2, 0) is 23.8 Å². The first-order valence-electron chi connectivity index (χ1n) is 7.48. The van der Waals surface area contributed by atoms with Crippen molar-refractivity contribution in [1.82, 2.24) is 5.32 Å². The molecule has 0 bridgehead atoms. The lowest BCUT2D eigenvalue weighted by atomic mass is 10.2. The third-order valence-electron chi connectivity index (χ3n) is 3.02. The maximum Gasteiger partial charge on any atom is 0.303 e. The Morgan fingerprint density at radius 1 is 1.19 bits per heavy atom. The smallest absolute Gasteiger partial charge is 0.303 e. The van der Waals surface area contributed by atoms with Crippen molar-refractivity contribution in [2.75, 3.05) is 33.0 Å². The molecule has 0 aromatic heterocycles. The average Bonchev–Trinajstić information content (AvgIpc) is 2.49. The Morgan fingerprint density at radius 3 is 2.76 bits per heavy atom. The van der Waals surface area contributed by atoms with Crippen molar-refractivity contribution in [3.05, 3.63) is 0 Å². The molecule has 21 heavy (non-hydrogen) atoms. The number of carbonyl (C=O) groups is 2. The van der Waals surface area contributed by atoms with Gasteiger partial charge < -0.3 is 24.6 Å². The van der Waals surface area contributed by atoms with Gasteiger partial charge in [0.1, 0.15) is 0 Å². The van der Waals surface area contributed by atoms with E-state index in [1.54, 1.807) is 0 Å². The summed E-state index contributed by atoms with van der Waals surface area (Å²) >= 11 is 0. The van der Waals surface area contributed by atoms with Crippen LogP contribution in [0.15, 0.2) is 0 Å². The first kappa shape index (κ1) is 17.9. The number of carbonyl (C=O) groups excluding carboxylic acids is 1. The van der Waals surface area contributed by atoms with E-state index in [-0.39, 0.29) is 25.0 Å². The molecule has 1 amide bonds. The molecule has 0 aromatic carbocycles. The van der Waals surface area contributed by atoms with Crippen molar-refractivity contribution in [2.45, 2.75) is 44.8 Å². The number of hydrogen-bond acceptors (Lipinski definition) is 5. The molecule has 7 nitrogen and oxygen atoms in total. The number of amides is 1. The number of hydrogen-bond donors (Lipinski definition) is 2. The highest BCUT2D eigenvalue weighted by molar-refractivity contribution is 5.80. The second-order valence-corrected chi connectivity index (χ2v) is 4.88. The molecule has 1 rings (SSSR count). The molecule has 7 heteroatoms. The van der Waals surface area contributed by atoms with Gasteiger partial charge in [-0.25, -0.2) is 0 Å². The number of carboxylic acid groups (broad SMARTS) is 1. The van der Waals surface area contributed by atoms with Gasteiger partial charge in [-0.15, -0.1) is 0 Å². The van der Waals surface area contributed by atoms with E-state index in [1.165, 1.54) is 0 Å². The fourth-order valence-corrected chi connectivity index (χ4v) is 1.89. The van der Waals surface area contributed by atoms with Crippen LogP contribution < -0.4 is 5.32 Å². The predicted octanol–water partition coefficient (Wildman–Crippen LogP) is 0.917. The maximum absolute atomic E-state index is 11.2. The summed E-state index contributed by atoms with van der Waals surface area (Å²) in [6, 6.07) is 0. The molecule has 1 unspecified atom stereocenters. The van der Waals surface area contributed by atoms with Crippen molar-refractivity contribution in [2.24, 2.45) is 0 Å². The highest BCUT2D eigenvalue weighted by atomic mass is 16.7. The molecule has 1 saturated heterocycles. The molecule has 2 N–H and O–H groups in total. The second kappa shape index (κ2) is 11.5. The average molecular weight is 303 g/mol. The number of rotatable bonds is 11. The van der Waals surface area contributed by atoms with Crippen molar-refractivity contribution >= 4 is 11.9 Å². The van der Waals surface area contributed by atoms with Crippen molar-refractivity contribution in [1.29, 1.82) is 0 Å². The molecule has 0 aromatic rings. The number of carboxylic acids is 1. The Morgan fingerprint density at radius 2 is 2.05 bits per heavy atom. The molecule has 0 saturated carbocycles. The summed E-state index contributed by atoms with van der Waals surface area (Å²) in [6.45, 7) is 2.81. The van der Waals surface area contributed by atoms with Gasteiger partial charge in [-0.05, 0) is 25.7 Å². The summed E-state index contributed by atoms with van der Waals surface area (Å²) in [5.74, 6) is -1.20. The summed E-state index contributed by atoms with van der Waals surface area (Å²) in [6.07, 6.45) is 3.69. The van der Waals surface area contributed by atoms with Crippen molar-refractivity contribution in [3.63, 3.8) is 0 Å². The SMILES string of the molecule is O=C(O)CCC(=O)NCCCOCCOC1CCCCO1. The molecule has 0 radical (unpaired) electrons. The molecule has 1 heterocycles. The van der Waals surface area contributed by atoms with E-state index in [1.807, 2.05) is 0 Å². The number of aliphatic carboxylic acids is 1. The lowest BCUT2D eigenvalue weighted by Crippen LogP contribution is -2.26. The highest BCUT2D eigenvalue weighted by Gasteiger charge is 2.13. The van der Waals surface area contributed by atoms with Crippen LogP contribution >= 0.6 is 0 Å². The van der Waals surface area contributed by atoms with Gasteiger partial charge in [0.25, 0.3) is 0 Å². The van der Waals surface area contributed by atoms with Gasteiger partial charge in [-0.2, -0.15) is 0 Å². The molecule has 122 valence electrons. The molecule has 0 spiro atoms. The Labute approximate surface area is 124 Å². The van der Waals surface area contributed by atoms with Crippen LogP contribution in [0.2, 0.25) is 0 Å². The van der Waals surface area contributed by atoms with E-state index in [2.05, 4.69) is 5.32 Å². The highest BCUT2D eigenvalue weighted by Crippen LogP contribution is 2.13. The van der Waals surface area contributed by atoms with Crippen LogP contribution in [0.1, 0.15) is 38.5 Å². The van der Waals surface area contributed by atoms with Gasteiger partial charge in [0.2, 0.25) is 5.91 Å². The van der Waals surface area contributed by atoms with Crippen molar-refractivity contribution < 1.29 is 28.9 Å². The second-order valence-electron chi connectivity index (χ2n) is 4.88. The van der Waals surface area contributed by atoms with Gasteiger partial charge in [0.15, 0.2) is 6.29 Å². The summed E-state index contributed by atoms with van der Waals surface area (Å²) in [7, 11) is 0. The largest absolute Gasteiger partial charge is 0.481 e. The molecular formula is C14H25NO6. The van der Waals surface area contributed by atoms with Crippen LogP contribution in [0, 0.1) is 0 Å². The maximum atomic E-state index is 11.2. The summed E-state index contributed by atoms with van der Waals surface area (Å²) in [5.41, 5.74) is 0. The molecular weight excluding hydrogens is 278 g/mol. The van der Waals surface area contributed by atoms with Crippen LogP contribution in [0.25, 0.3) is 0 Å². The molecule has 1 aliphatic rings. The minimum atomic E-state index is -0.963. The number of nitrogens with one attached hydrogen (secondary N) is 1. The third-order valence-corrected chi connectivity index (χ3v) is 3.02. The first-order chi connectivity index (χ1) is 10.2. The van der Waals surface area contributed by atoms with Crippen LogP contribution in [0.5, 0.6) is 0 Å². The van der Waals surface area contributed by atoms with Crippen molar-refractivity contribution in [3.8, 4) is 0 Å². The minimum absolute atomic E-state index is 0.0193. The normalized spacial score (nSPS) is 18.4. The minimum Gasteiger partial charge on any atom is -0.481 e. The topological polar surface area (TPSA) is 94.1 Å². The summed E-state index contributed by atoms with van der Waals surface area (Å²) in [4.78, 5) is 21.5. The fraction of sp³-hybridized carbons (Fsp3) is 0.857. The van der Waals surface area contributed by atoms with Gasteiger partial charge in [-0.3, -0.25) is 9.59 Å². The number of ether oxygens (including phenoxy) is 3. The zero-order chi connectivity index (χ0) is 15.3. The first-order valence-corrected chi connectivity index (χ1v) is 7.48. The van der Waals surface area contributed by atoms with Crippen LogP contribution in [0.4, 0.5) is 0 Å². The van der Waals surface area contributed by atoms with Gasteiger partial charge in [0, 0.05) is 26.2 Å². The van der Waals surface area contributed by atoms with E-state index in [4.69, 9.17) is 19.3 Å². The monoisotopic (exact) mass is 303 g/mol. The van der Waals surface area contributed by atoms with Gasteiger partial charge in [0.05, 0.1) is 19.6 Å².